The summed E-state index contributed by atoms with van der Waals surface area (Å²) in [5.41, 5.74) is 1.38. The van der Waals surface area contributed by atoms with E-state index in [4.69, 9.17) is 27.6 Å². The Labute approximate surface area is 181 Å². The average Bonchev–Trinajstić information content (AvgIpc) is 3.29. The molecule has 2 aromatic carbocycles. The van der Waals surface area contributed by atoms with E-state index in [1.54, 1.807) is 30.3 Å². The van der Waals surface area contributed by atoms with Crippen molar-refractivity contribution in [3.05, 3.63) is 58.6 Å². The maximum Gasteiger partial charge on any atom is 0.234 e. The summed E-state index contributed by atoms with van der Waals surface area (Å²) in [7, 11) is 0. The smallest absolute Gasteiger partial charge is 0.234 e. The second-order valence-corrected chi connectivity index (χ2v) is 8.01. The first-order chi connectivity index (χ1) is 14.0. The highest BCUT2D eigenvalue weighted by Crippen LogP contribution is 2.30. The van der Waals surface area contributed by atoms with Crippen LogP contribution in [0.15, 0.2) is 58.1 Å². The second-order valence-electron chi connectivity index (χ2n) is 6.19. The molecule has 4 rings (SSSR count). The largest absolute Gasteiger partial charge is 0.453 e. The summed E-state index contributed by atoms with van der Waals surface area (Å²) in [5.74, 6) is 1.26. The fourth-order valence-electron chi connectivity index (χ4n) is 2.88. The highest BCUT2D eigenvalue weighted by Gasteiger charge is 2.18. The lowest BCUT2D eigenvalue weighted by atomic mass is 10.2. The van der Waals surface area contributed by atoms with Crippen molar-refractivity contribution in [2.45, 2.75) is 18.6 Å². The summed E-state index contributed by atoms with van der Waals surface area (Å²) in [6.45, 7) is 2.63. The van der Waals surface area contributed by atoms with Crippen molar-refractivity contribution < 1.29 is 9.21 Å². The Morgan fingerprint density at radius 3 is 2.76 bits per heavy atom. The Morgan fingerprint density at radius 2 is 1.97 bits per heavy atom. The van der Waals surface area contributed by atoms with Gasteiger partial charge in [0.25, 0.3) is 0 Å². The number of benzene rings is 2. The van der Waals surface area contributed by atoms with E-state index >= 15 is 0 Å². The fraction of sp³-hybridized carbons (Fsp3) is 0.150. The van der Waals surface area contributed by atoms with Gasteiger partial charge in [-0.1, -0.05) is 41.0 Å². The van der Waals surface area contributed by atoms with Crippen molar-refractivity contribution in [2.75, 3.05) is 11.1 Å². The van der Waals surface area contributed by atoms with Crippen molar-refractivity contribution in [1.29, 1.82) is 0 Å². The summed E-state index contributed by atoms with van der Waals surface area (Å²) in [5, 5.41) is 14.1. The van der Waals surface area contributed by atoms with Gasteiger partial charge in [0.1, 0.15) is 5.58 Å². The van der Waals surface area contributed by atoms with E-state index < -0.39 is 0 Å². The quantitative estimate of drug-likeness (QED) is 0.381. The Bertz CT molecular complexity index is 1190. The Kier molecular flexibility index (Phi) is 5.80. The lowest BCUT2D eigenvalue weighted by Gasteiger charge is -2.07. The Morgan fingerprint density at radius 1 is 1.14 bits per heavy atom. The van der Waals surface area contributed by atoms with Gasteiger partial charge in [-0.2, -0.15) is 0 Å². The van der Waals surface area contributed by atoms with Gasteiger partial charge in [-0.25, -0.2) is 0 Å². The summed E-state index contributed by atoms with van der Waals surface area (Å²) >= 11 is 13.3. The zero-order valence-corrected chi connectivity index (χ0v) is 17.7. The van der Waals surface area contributed by atoms with Crippen molar-refractivity contribution in [2.24, 2.45) is 0 Å². The SMILES string of the molecule is CCn1c(SCC(=O)Nc2cccc(Cl)c2)nnc1-c1cc2cc(Cl)ccc2o1. The summed E-state index contributed by atoms with van der Waals surface area (Å²) in [6.07, 6.45) is 0. The van der Waals surface area contributed by atoms with E-state index in [2.05, 4.69) is 15.5 Å². The lowest BCUT2D eigenvalue weighted by molar-refractivity contribution is -0.113. The van der Waals surface area contributed by atoms with Crippen LogP contribution in [0.4, 0.5) is 5.69 Å². The van der Waals surface area contributed by atoms with Gasteiger partial charge in [0.15, 0.2) is 10.9 Å². The van der Waals surface area contributed by atoms with Crippen LogP contribution in [0.1, 0.15) is 6.92 Å². The van der Waals surface area contributed by atoms with E-state index in [1.807, 2.05) is 29.7 Å². The first-order valence-corrected chi connectivity index (χ1v) is 10.6. The molecule has 0 fully saturated rings. The molecular weight excluding hydrogens is 431 g/mol. The highest BCUT2D eigenvalue weighted by atomic mass is 35.5. The van der Waals surface area contributed by atoms with Crippen LogP contribution in [-0.2, 0) is 11.3 Å². The molecular formula is C20H16Cl2N4O2S. The molecule has 0 saturated carbocycles. The molecule has 9 heteroatoms. The first-order valence-electron chi connectivity index (χ1n) is 8.84. The number of nitrogens with one attached hydrogen (secondary N) is 1. The summed E-state index contributed by atoms with van der Waals surface area (Å²) in [4.78, 5) is 12.3. The number of hydrogen-bond donors (Lipinski definition) is 1. The van der Waals surface area contributed by atoms with Crippen LogP contribution >= 0.6 is 35.0 Å². The molecule has 1 amide bonds. The van der Waals surface area contributed by atoms with Gasteiger partial charge in [0.2, 0.25) is 11.7 Å². The zero-order chi connectivity index (χ0) is 20.4. The molecule has 6 nitrogen and oxygen atoms in total. The van der Waals surface area contributed by atoms with Gasteiger partial charge in [0, 0.05) is 27.7 Å². The van der Waals surface area contributed by atoms with Crippen molar-refractivity contribution >= 4 is 57.5 Å². The third-order valence-electron chi connectivity index (χ3n) is 4.17. The van der Waals surface area contributed by atoms with Gasteiger partial charge in [-0.05, 0) is 49.4 Å². The third-order valence-corrected chi connectivity index (χ3v) is 5.61. The van der Waals surface area contributed by atoms with E-state index in [0.29, 0.717) is 39.0 Å². The molecule has 0 aliphatic carbocycles. The number of carbonyl (C=O) groups excluding carboxylic acids is 1. The minimum atomic E-state index is -0.150. The van der Waals surface area contributed by atoms with Crippen LogP contribution in [0, 0.1) is 0 Å². The van der Waals surface area contributed by atoms with E-state index in [9.17, 15) is 4.79 Å². The number of thioether (sulfide) groups is 1. The van der Waals surface area contributed by atoms with Crippen LogP contribution in [0.5, 0.6) is 0 Å². The molecule has 0 bridgehead atoms. The topological polar surface area (TPSA) is 73.0 Å². The van der Waals surface area contributed by atoms with Crippen LogP contribution in [0.3, 0.4) is 0 Å². The zero-order valence-electron chi connectivity index (χ0n) is 15.4. The molecule has 0 saturated heterocycles. The molecule has 0 aliphatic rings. The number of rotatable bonds is 6. The molecule has 0 atom stereocenters. The molecule has 0 aliphatic heterocycles. The number of hydrogen-bond acceptors (Lipinski definition) is 5. The molecule has 0 unspecified atom stereocenters. The van der Waals surface area contributed by atoms with Gasteiger partial charge < -0.3 is 9.73 Å². The fourth-order valence-corrected chi connectivity index (χ4v) is 4.05. The Balaban J connectivity index is 1.50. The van der Waals surface area contributed by atoms with Crippen LogP contribution in [0.25, 0.3) is 22.6 Å². The van der Waals surface area contributed by atoms with Gasteiger partial charge >= 0.3 is 0 Å². The average molecular weight is 447 g/mol. The van der Waals surface area contributed by atoms with Crippen molar-refractivity contribution in [3.63, 3.8) is 0 Å². The number of halogens is 2. The van der Waals surface area contributed by atoms with Crippen molar-refractivity contribution in [3.8, 4) is 11.6 Å². The van der Waals surface area contributed by atoms with Crippen LogP contribution in [0.2, 0.25) is 10.0 Å². The minimum Gasteiger partial charge on any atom is -0.453 e. The van der Waals surface area contributed by atoms with Gasteiger partial charge in [-0.3, -0.25) is 9.36 Å². The van der Waals surface area contributed by atoms with Crippen LogP contribution < -0.4 is 5.32 Å². The molecule has 0 radical (unpaired) electrons. The monoisotopic (exact) mass is 446 g/mol. The minimum absolute atomic E-state index is 0.150. The maximum atomic E-state index is 12.3. The molecule has 2 heterocycles. The number of anilines is 1. The summed E-state index contributed by atoms with van der Waals surface area (Å²) in [6, 6.07) is 14.4. The van der Waals surface area contributed by atoms with Crippen LogP contribution in [-0.4, -0.2) is 26.4 Å². The number of furan rings is 1. The normalized spacial score (nSPS) is 11.1. The highest BCUT2D eigenvalue weighted by molar-refractivity contribution is 7.99. The van der Waals surface area contributed by atoms with Crippen molar-refractivity contribution in [1.82, 2.24) is 14.8 Å². The van der Waals surface area contributed by atoms with Gasteiger partial charge in [0.05, 0.1) is 5.75 Å². The summed E-state index contributed by atoms with van der Waals surface area (Å²) < 4.78 is 7.81. The predicted molar refractivity (Wildman–Crippen MR) is 117 cm³/mol. The molecule has 29 heavy (non-hydrogen) atoms. The lowest BCUT2D eigenvalue weighted by Crippen LogP contribution is -2.14. The van der Waals surface area contributed by atoms with E-state index in [0.717, 1.165) is 11.0 Å². The van der Waals surface area contributed by atoms with Gasteiger partial charge in [-0.15, -0.1) is 10.2 Å². The number of carbonyl (C=O) groups is 1. The second kappa shape index (κ2) is 8.49. The molecule has 4 aromatic rings. The maximum absolute atomic E-state index is 12.3. The number of aromatic nitrogens is 3. The number of fused-ring (bicyclic) bond motifs is 1. The molecule has 2 aromatic heterocycles. The van der Waals surface area contributed by atoms with E-state index in [-0.39, 0.29) is 11.7 Å². The Hall–Kier alpha value is -2.48. The number of nitrogens with zero attached hydrogens (tertiary/aromatic N) is 3. The third kappa shape index (κ3) is 4.42. The standard InChI is InChI=1S/C20H16Cl2N4O2S/c1-2-26-19(17-9-12-8-14(22)6-7-16(12)28-17)24-25-20(26)29-11-18(27)23-15-5-3-4-13(21)10-15/h3-10H,2,11H2,1H3,(H,23,27). The predicted octanol–water partition coefficient (Wildman–Crippen LogP) is 5.75. The molecule has 0 spiro atoms. The first kappa shape index (κ1) is 19.8. The van der Waals surface area contributed by atoms with E-state index in [1.165, 1.54) is 11.8 Å². The molecule has 1 N–H and O–H groups in total. The number of amides is 1. The molecule has 148 valence electrons.